The predicted molar refractivity (Wildman–Crippen MR) is 196 cm³/mol. The third-order valence-corrected chi connectivity index (χ3v) is 8.52. The van der Waals surface area contributed by atoms with Crippen molar-refractivity contribution in [3.63, 3.8) is 0 Å². The van der Waals surface area contributed by atoms with Crippen LogP contribution in [0.2, 0.25) is 5.15 Å². The lowest BCUT2D eigenvalue weighted by Gasteiger charge is -2.16. The van der Waals surface area contributed by atoms with Gasteiger partial charge in [-0.1, -0.05) is 69.5 Å². The van der Waals surface area contributed by atoms with Gasteiger partial charge in [-0.2, -0.15) is 0 Å². The molecule has 0 spiro atoms. The normalized spacial score (nSPS) is 12.0. The molecule has 4 aromatic heterocycles. The Labute approximate surface area is 295 Å². The highest BCUT2D eigenvalue weighted by molar-refractivity contribution is 6.29. The van der Waals surface area contributed by atoms with Gasteiger partial charge in [0.2, 0.25) is 0 Å². The molecule has 0 N–H and O–H groups in total. The van der Waals surface area contributed by atoms with E-state index in [0.717, 1.165) is 73.2 Å². The Kier molecular flexibility index (Phi) is 15.3. The third-order valence-electron chi connectivity index (χ3n) is 8.34. The van der Waals surface area contributed by atoms with Crippen molar-refractivity contribution in [3.05, 3.63) is 125 Å². The molecule has 9 heteroatoms. The summed E-state index contributed by atoms with van der Waals surface area (Å²) in [5, 5.41) is 0.453. The molecule has 49 heavy (non-hydrogen) atoms. The Balaban J connectivity index is 0.000000254. The lowest BCUT2D eigenvalue weighted by molar-refractivity contribution is -0.118. The molecule has 0 aliphatic carbocycles. The molecule has 0 amide bonds. The molecule has 0 unspecified atom stereocenters. The number of hydrogen-bond donors (Lipinski definition) is 0. The predicted octanol–water partition coefficient (Wildman–Crippen LogP) is 9.24. The first-order valence-electron chi connectivity index (χ1n) is 17.2. The first-order valence-corrected chi connectivity index (χ1v) is 17.6. The molecule has 0 bridgehead atoms. The van der Waals surface area contributed by atoms with Gasteiger partial charge in [0.25, 0.3) is 0 Å². The summed E-state index contributed by atoms with van der Waals surface area (Å²) in [6.07, 6.45) is 22.4. The second kappa shape index (κ2) is 20.1. The Hall–Kier alpha value is -4.56. The number of hydrogen-bond acceptors (Lipinski definition) is 8. The van der Waals surface area contributed by atoms with Crippen LogP contribution in [0, 0.1) is 0 Å². The van der Waals surface area contributed by atoms with Gasteiger partial charge >= 0.3 is 0 Å². The fraction of sp³-hybridized carbons (Fsp3) is 0.375. The standard InChI is InChI=1S/C26H31N3O2.C14H16ClN3/c1-4-7-19(22-9-6-12-27-16-22)13-23-17-28-18-25(29-23)20-10-11-21(26(15-20)31-3)14-24(30)8-5-2;1-2-4-11(12-5-3-6-16-8-12)7-13-9-17-10-14(15)18-13/h6,9-12,15-19H,4-5,7-8,13-14H2,1-3H3;3,5-6,8-11H,2,4,7H2,1H3/t19-;11-/m11/s1. The minimum atomic E-state index is 0.229. The van der Waals surface area contributed by atoms with E-state index in [4.69, 9.17) is 21.3 Å². The SMILES string of the molecule is CCCC(=O)Cc1ccc(-c2cncc(C[C@@H](CCC)c3cccnc3)n2)cc1OC.CCC[C@H](Cc1cncc(Cl)n1)c1cccnc1. The smallest absolute Gasteiger partial charge is 0.147 e. The number of nitrogens with zero attached hydrogens (tertiary/aromatic N) is 6. The van der Waals surface area contributed by atoms with Crippen LogP contribution in [-0.4, -0.2) is 42.8 Å². The first kappa shape index (κ1) is 37.3. The molecule has 2 atom stereocenters. The molecule has 0 saturated carbocycles. The fourth-order valence-electron chi connectivity index (χ4n) is 5.96. The van der Waals surface area contributed by atoms with Crippen molar-refractivity contribution in [1.29, 1.82) is 0 Å². The van der Waals surface area contributed by atoms with Gasteiger partial charge in [-0.05, 0) is 73.3 Å². The van der Waals surface area contributed by atoms with E-state index in [1.807, 2.05) is 55.8 Å². The van der Waals surface area contributed by atoms with Crippen LogP contribution in [0.3, 0.4) is 0 Å². The molecule has 5 aromatic rings. The highest BCUT2D eigenvalue weighted by Gasteiger charge is 2.16. The lowest BCUT2D eigenvalue weighted by Crippen LogP contribution is -2.06. The van der Waals surface area contributed by atoms with E-state index in [0.29, 0.717) is 35.6 Å². The highest BCUT2D eigenvalue weighted by atomic mass is 35.5. The monoisotopic (exact) mass is 678 g/mol. The Morgan fingerprint density at radius 3 is 1.88 bits per heavy atom. The summed E-state index contributed by atoms with van der Waals surface area (Å²) in [6.45, 7) is 6.40. The van der Waals surface area contributed by atoms with Crippen LogP contribution in [0.25, 0.3) is 11.3 Å². The van der Waals surface area contributed by atoms with Crippen molar-refractivity contribution in [1.82, 2.24) is 29.9 Å². The Morgan fingerprint density at radius 1 is 0.735 bits per heavy atom. The van der Waals surface area contributed by atoms with E-state index in [9.17, 15) is 4.79 Å². The van der Waals surface area contributed by atoms with Gasteiger partial charge < -0.3 is 4.74 Å². The number of benzene rings is 1. The van der Waals surface area contributed by atoms with Gasteiger partial charge in [0, 0.05) is 61.1 Å². The summed E-state index contributed by atoms with van der Waals surface area (Å²) >= 11 is 5.87. The van der Waals surface area contributed by atoms with Crippen molar-refractivity contribution in [2.45, 2.75) is 90.4 Å². The largest absolute Gasteiger partial charge is 0.496 e. The quantitative estimate of drug-likeness (QED) is 0.102. The minimum Gasteiger partial charge on any atom is -0.496 e. The van der Waals surface area contributed by atoms with Crippen LogP contribution in [0.4, 0.5) is 0 Å². The molecule has 0 aliphatic rings. The second-order valence-electron chi connectivity index (χ2n) is 12.2. The maximum absolute atomic E-state index is 12.1. The molecule has 0 fully saturated rings. The third kappa shape index (κ3) is 11.8. The van der Waals surface area contributed by atoms with Gasteiger partial charge in [0.15, 0.2) is 0 Å². The number of ether oxygens (including phenoxy) is 1. The zero-order chi connectivity index (χ0) is 34.8. The Morgan fingerprint density at radius 2 is 1.35 bits per heavy atom. The molecule has 1 aromatic carbocycles. The molecule has 5 rings (SSSR count). The topological polar surface area (TPSA) is 104 Å². The fourth-order valence-corrected chi connectivity index (χ4v) is 6.13. The number of pyridine rings is 2. The number of Topliss-reactive ketones (excluding diaryl/α,β-unsaturated/α-hetero) is 1. The highest BCUT2D eigenvalue weighted by Crippen LogP contribution is 2.29. The number of aromatic nitrogens is 6. The molecule has 0 aliphatic heterocycles. The average Bonchev–Trinajstić information content (AvgIpc) is 3.13. The first-order chi connectivity index (χ1) is 23.9. The van der Waals surface area contributed by atoms with E-state index in [-0.39, 0.29) is 5.78 Å². The number of ketones is 1. The molecule has 0 saturated heterocycles. The van der Waals surface area contributed by atoms with Crippen molar-refractivity contribution in [2.24, 2.45) is 0 Å². The molecular weight excluding hydrogens is 632 g/mol. The van der Waals surface area contributed by atoms with Crippen molar-refractivity contribution < 1.29 is 9.53 Å². The van der Waals surface area contributed by atoms with Crippen molar-refractivity contribution in [2.75, 3.05) is 7.11 Å². The van der Waals surface area contributed by atoms with Crippen LogP contribution < -0.4 is 4.74 Å². The van der Waals surface area contributed by atoms with E-state index in [1.165, 1.54) is 11.1 Å². The summed E-state index contributed by atoms with van der Waals surface area (Å²) in [4.78, 5) is 38.2. The summed E-state index contributed by atoms with van der Waals surface area (Å²) in [7, 11) is 1.64. The molecule has 8 nitrogen and oxygen atoms in total. The van der Waals surface area contributed by atoms with Gasteiger partial charge in [-0.25, -0.2) is 9.97 Å². The Bertz CT molecular complexity index is 1720. The summed E-state index contributed by atoms with van der Waals surface area (Å²) in [5.74, 6) is 1.74. The molecular formula is C40H47ClN6O2. The van der Waals surface area contributed by atoms with Crippen LogP contribution in [0.1, 0.15) is 99.2 Å². The maximum atomic E-state index is 12.1. The van der Waals surface area contributed by atoms with Crippen molar-refractivity contribution >= 4 is 17.4 Å². The summed E-state index contributed by atoms with van der Waals surface area (Å²) in [6, 6.07) is 14.1. The summed E-state index contributed by atoms with van der Waals surface area (Å²) in [5.41, 5.74) is 7.04. The van der Waals surface area contributed by atoms with Crippen LogP contribution in [0.5, 0.6) is 5.75 Å². The van der Waals surface area contributed by atoms with E-state index < -0.39 is 0 Å². The molecule has 256 valence electrons. The van der Waals surface area contributed by atoms with Gasteiger partial charge in [0.1, 0.15) is 16.7 Å². The second-order valence-corrected chi connectivity index (χ2v) is 12.6. The molecule has 4 heterocycles. The molecule has 0 radical (unpaired) electrons. The number of carbonyl (C=O) groups excluding carboxylic acids is 1. The van der Waals surface area contributed by atoms with Gasteiger partial charge in [0.05, 0.1) is 36.6 Å². The number of carbonyl (C=O) groups is 1. The van der Waals surface area contributed by atoms with E-state index >= 15 is 0 Å². The van der Waals surface area contributed by atoms with E-state index in [2.05, 4.69) is 50.9 Å². The zero-order valence-electron chi connectivity index (χ0n) is 29.1. The average molecular weight is 679 g/mol. The number of methoxy groups -OCH3 is 1. The zero-order valence-corrected chi connectivity index (χ0v) is 29.8. The summed E-state index contributed by atoms with van der Waals surface area (Å²) < 4.78 is 5.56. The van der Waals surface area contributed by atoms with Gasteiger partial charge in [-0.3, -0.25) is 24.7 Å². The van der Waals surface area contributed by atoms with Crippen LogP contribution >= 0.6 is 11.6 Å². The van der Waals surface area contributed by atoms with E-state index in [1.54, 1.807) is 38.1 Å². The lowest BCUT2D eigenvalue weighted by atomic mass is 9.91. The van der Waals surface area contributed by atoms with Crippen molar-refractivity contribution in [3.8, 4) is 17.0 Å². The van der Waals surface area contributed by atoms with Gasteiger partial charge in [-0.15, -0.1) is 0 Å². The maximum Gasteiger partial charge on any atom is 0.147 e. The van der Waals surface area contributed by atoms with Crippen LogP contribution in [-0.2, 0) is 24.1 Å². The minimum absolute atomic E-state index is 0.229. The van der Waals surface area contributed by atoms with Crippen LogP contribution in [0.15, 0.2) is 92.0 Å². The number of rotatable bonds is 16. The number of halogens is 1.